The highest BCUT2D eigenvalue weighted by molar-refractivity contribution is 5.78. The molecule has 1 aliphatic rings. The van der Waals surface area contributed by atoms with Gasteiger partial charge >= 0.3 is 0 Å². The zero-order valence-electron chi connectivity index (χ0n) is 10.3. The van der Waals surface area contributed by atoms with E-state index in [2.05, 4.69) is 17.1 Å². The molecule has 4 heteroatoms. The Labute approximate surface area is 92.6 Å². The minimum absolute atomic E-state index is 0.221. The van der Waals surface area contributed by atoms with Gasteiger partial charge in [-0.05, 0) is 20.8 Å². The Balaban J connectivity index is 2.37. The van der Waals surface area contributed by atoms with Crippen LogP contribution in [0.1, 0.15) is 20.8 Å². The summed E-state index contributed by atoms with van der Waals surface area (Å²) in [4.78, 5) is 15.9. The lowest BCUT2D eigenvalue weighted by Crippen LogP contribution is -2.52. The number of carbonyl (C=O) groups excluding carboxylic acids is 1. The van der Waals surface area contributed by atoms with E-state index in [-0.39, 0.29) is 11.9 Å². The second-order valence-corrected chi connectivity index (χ2v) is 4.69. The van der Waals surface area contributed by atoms with Gasteiger partial charge < -0.3 is 10.2 Å². The molecule has 0 saturated carbocycles. The molecular weight excluding hydrogens is 190 g/mol. The summed E-state index contributed by atoms with van der Waals surface area (Å²) in [6, 6.07) is 0.786. The number of rotatable bonds is 3. The Hall–Kier alpha value is -0.610. The third kappa shape index (κ3) is 3.80. The van der Waals surface area contributed by atoms with E-state index in [0.717, 1.165) is 19.6 Å². The fourth-order valence-electron chi connectivity index (χ4n) is 1.75. The van der Waals surface area contributed by atoms with Crippen molar-refractivity contribution in [2.75, 3.05) is 33.2 Å². The van der Waals surface area contributed by atoms with Crippen molar-refractivity contribution in [1.82, 2.24) is 15.1 Å². The first-order valence-corrected chi connectivity index (χ1v) is 5.72. The van der Waals surface area contributed by atoms with Crippen molar-refractivity contribution < 1.29 is 4.79 Å². The Bertz CT molecular complexity index is 218. The van der Waals surface area contributed by atoms with Crippen LogP contribution < -0.4 is 5.32 Å². The molecule has 1 aliphatic heterocycles. The van der Waals surface area contributed by atoms with E-state index < -0.39 is 0 Å². The maximum absolute atomic E-state index is 11.8. The molecule has 1 saturated heterocycles. The van der Waals surface area contributed by atoms with E-state index in [4.69, 9.17) is 0 Å². The minimum Gasteiger partial charge on any atom is -0.342 e. The quantitative estimate of drug-likeness (QED) is 0.725. The molecule has 0 aliphatic carbocycles. The highest BCUT2D eigenvalue weighted by Crippen LogP contribution is 2.01. The van der Waals surface area contributed by atoms with Crippen LogP contribution in [0.4, 0.5) is 0 Å². The maximum Gasteiger partial charge on any atom is 0.236 e. The van der Waals surface area contributed by atoms with Crippen molar-refractivity contribution in [3.05, 3.63) is 0 Å². The van der Waals surface area contributed by atoms with Gasteiger partial charge in [0.15, 0.2) is 0 Å². The SMILES string of the molecule is CC1CN(CC(=O)N(C)C(C)C)CCN1. The van der Waals surface area contributed by atoms with Crippen LogP contribution in [-0.4, -0.2) is 61.0 Å². The van der Waals surface area contributed by atoms with Crippen LogP contribution in [0, 0.1) is 0 Å². The smallest absolute Gasteiger partial charge is 0.236 e. The van der Waals surface area contributed by atoms with Crippen molar-refractivity contribution in [2.24, 2.45) is 0 Å². The first-order valence-electron chi connectivity index (χ1n) is 5.72. The van der Waals surface area contributed by atoms with Crippen LogP contribution in [-0.2, 0) is 4.79 Å². The second-order valence-electron chi connectivity index (χ2n) is 4.69. The van der Waals surface area contributed by atoms with Crippen LogP contribution >= 0.6 is 0 Å². The summed E-state index contributed by atoms with van der Waals surface area (Å²) in [6.07, 6.45) is 0. The molecule has 1 unspecified atom stereocenters. The average Bonchev–Trinajstić information content (AvgIpc) is 2.16. The van der Waals surface area contributed by atoms with Crippen LogP contribution in [0.25, 0.3) is 0 Å². The molecule has 1 amide bonds. The van der Waals surface area contributed by atoms with Gasteiger partial charge in [0, 0.05) is 38.8 Å². The molecule has 4 nitrogen and oxygen atoms in total. The van der Waals surface area contributed by atoms with E-state index in [1.54, 1.807) is 0 Å². The molecule has 1 N–H and O–H groups in total. The number of piperazine rings is 1. The lowest BCUT2D eigenvalue weighted by molar-refractivity contribution is -0.132. The molecule has 88 valence electrons. The summed E-state index contributed by atoms with van der Waals surface area (Å²) >= 11 is 0. The lowest BCUT2D eigenvalue weighted by Gasteiger charge is -2.33. The van der Waals surface area contributed by atoms with Crippen LogP contribution in [0.5, 0.6) is 0 Å². The van der Waals surface area contributed by atoms with Crippen molar-refractivity contribution in [1.29, 1.82) is 0 Å². The van der Waals surface area contributed by atoms with Crippen LogP contribution in [0.15, 0.2) is 0 Å². The normalized spacial score (nSPS) is 23.1. The highest BCUT2D eigenvalue weighted by Gasteiger charge is 2.20. The number of carbonyl (C=O) groups is 1. The molecule has 1 rings (SSSR count). The first kappa shape index (κ1) is 12.5. The molecule has 1 atom stereocenters. The molecule has 15 heavy (non-hydrogen) atoms. The van der Waals surface area contributed by atoms with Gasteiger partial charge in [-0.3, -0.25) is 9.69 Å². The summed E-state index contributed by atoms with van der Waals surface area (Å²) in [5.74, 6) is 0.221. The topological polar surface area (TPSA) is 35.6 Å². The zero-order chi connectivity index (χ0) is 11.4. The third-order valence-electron chi connectivity index (χ3n) is 2.98. The van der Waals surface area contributed by atoms with Crippen molar-refractivity contribution in [2.45, 2.75) is 32.9 Å². The number of hydrogen-bond acceptors (Lipinski definition) is 3. The predicted molar refractivity (Wildman–Crippen MR) is 61.8 cm³/mol. The van der Waals surface area contributed by atoms with Gasteiger partial charge in [-0.25, -0.2) is 0 Å². The highest BCUT2D eigenvalue weighted by atomic mass is 16.2. The van der Waals surface area contributed by atoms with Crippen LogP contribution in [0.2, 0.25) is 0 Å². The van der Waals surface area contributed by atoms with Gasteiger partial charge in [-0.2, -0.15) is 0 Å². The maximum atomic E-state index is 11.8. The van der Waals surface area contributed by atoms with Gasteiger partial charge in [0.05, 0.1) is 6.54 Å². The Kier molecular flexibility index (Phi) is 4.54. The van der Waals surface area contributed by atoms with Gasteiger partial charge in [-0.1, -0.05) is 0 Å². The summed E-state index contributed by atoms with van der Waals surface area (Å²) in [5.41, 5.74) is 0. The molecule has 0 aromatic heterocycles. The largest absolute Gasteiger partial charge is 0.342 e. The molecule has 0 aromatic rings. The standard InChI is InChI=1S/C11H23N3O/c1-9(2)13(4)11(15)8-14-6-5-12-10(3)7-14/h9-10,12H,5-8H2,1-4H3. The van der Waals surface area contributed by atoms with Crippen molar-refractivity contribution in [3.8, 4) is 0 Å². The van der Waals surface area contributed by atoms with E-state index in [9.17, 15) is 4.79 Å². The van der Waals surface area contributed by atoms with Crippen molar-refractivity contribution >= 4 is 5.91 Å². The molecular formula is C11H23N3O. The van der Waals surface area contributed by atoms with Crippen LogP contribution in [0.3, 0.4) is 0 Å². The minimum atomic E-state index is 0.221. The molecule has 0 aromatic carbocycles. The van der Waals surface area contributed by atoms with Gasteiger partial charge in [0.1, 0.15) is 0 Å². The number of amides is 1. The fraction of sp³-hybridized carbons (Fsp3) is 0.909. The summed E-state index contributed by atoms with van der Waals surface area (Å²) in [5, 5.41) is 3.37. The molecule has 0 bridgehead atoms. The second kappa shape index (κ2) is 5.47. The van der Waals surface area contributed by atoms with Gasteiger partial charge in [-0.15, -0.1) is 0 Å². The first-order chi connectivity index (χ1) is 7.00. The predicted octanol–water partition coefficient (Wildman–Crippen LogP) is 0.147. The monoisotopic (exact) mass is 213 g/mol. The lowest BCUT2D eigenvalue weighted by atomic mass is 10.2. The summed E-state index contributed by atoms with van der Waals surface area (Å²) < 4.78 is 0. The third-order valence-corrected chi connectivity index (χ3v) is 2.98. The summed E-state index contributed by atoms with van der Waals surface area (Å²) in [6.45, 7) is 9.72. The number of likely N-dealkylation sites (N-methyl/N-ethyl adjacent to an activating group) is 1. The molecule has 0 spiro atoms. The Morgan fingerprint density at radius 2 is 2.27 bits per heavy atom. The van der Waals surface area contributed by atoms with Gasteiger partial charge in [0.25, 0.3) is 0 Å². The van der Waals surface area contributed by atoms with Crippen molar-refractivity contribution in [3.63, 3.8) is 0 Å². The zero-order valence-corrected chi connectivity index (χ0v) is 10.3. The number of hydrogen-bond donors (Lipinski definition) is 1. The van der Waals surface area contributed by atoms with E-state index >= 15 is 0 Å². The Morgan fingerprint density at radius 3 is 2.80 bits per heavy atom. The summed E-state index contributed by atoms with van der Waals surface area (Å²) in [7, 11) is 1.87. The average molecular weight is 213 g/mol. The molecule has 1 heterocycles. The Morgan fingerprint density at radius 1 is 1.60 bits per heavy atom. The van der Waals surface area contributed by atoms with Gasteiger partial charge in [0.2, 0.25) is 5.91 Å². The fourth-order valence-corrected chi connectivity index (χ4v) is 1.75. The molecule has 1 fully saturated rings. The molecule has 0 radical (unpaired) electrons. The van der Waals surface area contributed by atoms with E-state index in [1.165, 1.54) is 0 Å². The van der Waals surface area contributed by atoms with E-state index in [0.29, 0.717) is 12.6 Å². The number of nitrogens with one attached hydrogen (secondary N) is 1. The van der Waals surface area contributed by atoms with E-state index in [1.807, 2.05) is 25.8 Å². The number of nitrogens with zero attached hydrogens (tertiary/aromatic N) is 2.